The highest BCUT2D eigenvalue weighted by Gasteiger charge is 2.42. The van der Waals surface area contributed by atoms with E-state index in [1.165, 1.54) is 17.0 Å². The van der Waals surface area contributed by atoms with Crippen LogP contribution in [0.4, 0.5) is 8.78 Å². The molecule has 1 aromatic heterocycles. The molecule has 0 bridgehead atoms. The van der Waals surface area contributed by atoms with Crippen molar-refractivity contribution < 1.29 is 18.7 Å². The zero-order valence-electron chi connectivity index (χ0n) is 15.1. The second-order valence-corrected chi connectivity index (χ2v) is 6.83. The van der Waals surface area contributed by atoms with Gasteiger partial charge >= 0.3 is 0 Å². The maximum Gasteiger partial charge on any atom is 0.256 e. The number of rotatable bonds is 6. The third kappa shape index (κ3) is 4.45. The molecule has 0 radical (unpaired) electrons. The number of piperidine rings is 1. The molecule has 2 N–H and O–H groups in total. The zero-order valence-corrected chi connectivity index (χ0v) is 15.1. The van der Waals surface area contributed by atoms with Crippen LogP contribution in [-0.2, 0) is 17.9 Å². The number of nitrogens with zero attached hydrogens (tertiary/aromatic N) is 3. The van der Waals surface area contributed by atoms with E-state index in [9.17, 15) is 18.7 Å². The summed E-state index contributed by atoms with van der Waals surface area (Å²) in [5.41, 5.74) is 0.0156. The van der Waals surface area contributed by atoms with Crippen LogP contribution in [0.3, 0.4) is 0 Å². The molecule has 6 nitrogen and oxygen atoms in total. The zero-order chi connectivity index (χ0) is 19.4. The fraction of sp³-hybridized carbons (Fsp3) is 0.421. The first-order chi connectivity index (χ1) is 12.9. The molecular formula is C19H22F2N4O2. The van der Waals surface area contributed by atoms with Gasteiger partial charge < -0.3 is 15.3 Å². The van der Waals surface area contributed by atoms with E-state index in [-0.39, 0.29) is 18.7 Å². The van der Waals surface area contributed by atoms with Crippen LogP contribution >= 0.6 is 0 Å². The van der Waals surface area contributed by atoms with Crippen LogP contribution in [0.2, 0.25) is 0 Å². The standard InChI is InChI=1S/C19H22F2N4O2/c1-13-8-24-15(10-23-13)9-22-12-19(27)6-3-7-25(18(19)26)11-14-4-2-5-16(20)17(14)21/h2,4-5,8,10,22,27H,3,6-7,9,11-12H2,1H3. The average Bonchev–Trinajstić information content (AvgIpc) is 2.64. The molecule has 144 valence electrons. The van der Waals surface area contributed by atoms with Gasteiger partial charge in [0.1, 0.15) is 0 Å². The van der Waals surface area contributed by atoms with Crippen molar-refractivity contribution in [3.05, 3.63) is 59.2 Å². The maximum absolute atomic E-state index is 13.9. The van der Waals surface area contributed by atoms with Crippen molar-refractivity contribution in [2.75, 3.05) is 13.1 Å². The molecule has 2 aromatic rings. The number of amides is 1. The Labute approximate surface area is 156 Å². The van der Waals surface area contributed by atoms with Crippen LogP contribution < -0.4 is 5.32 Å². The number of nitrogens with one attached hydrogen (secondary N) is 1. The third-order valence-corrected chi connectivity index (χ3v) is 4.65. The summed E-state index contributed by atoms with van der Waals surface area (Å²) in [6.07, 6.45) is 4.16. The molecule has 0 saturated carbocycles. The summed E-state index contributed by atoms with van der Waals surface area (Å²) in [6.45, 7) is 2.56. The molecule has 1 aliphatic rings. The number of carbonyl (C=O) groups excluding carboxylic acids is 1. The highest BCUT2D eigenvalue weighted by molar-refractivity contribution is 5.86. The highest BCUT2D eigenvalue weighted by atomic mass is 19.2. The van der Waals surface area contributed by atoms with E-state index in [0.717, 1.165) is 11.8 Å². The molecule has 1 amide bonds. The Kier molecular flexibility index (Phi) is 5.76. The molecule has 1 atom stereocenters. The molecule has 8 heteroatoms. The fourth-order valence-electron chi connectivity index (χ4n) is 3.16. The number of halogens is 2. The van der Waals surface area contributed by atoms with Crippen LogP contribution in [0, 0.1) is 18.6 Å². The Morgan fingerprint density at radius 2 is 2.11 bits per heavy atom. The summed E-state index contributed by atoms with van der Waals surface area (Å²) < 4.78 is 27.3. The topological polar surface area (TPSA) is 78.4 Å². The molecule has 1 saturated heterocycles. The van der Waals surface area contributed by atoms with E-state index in [1.807, 2.05) is 6.92 Å². The maximum atomic E-state index is 13.9. The minimum atomic E-state index is -1.58. The number of carbonyl (C=O) groups is 1. The van der Waals surface area contributed by atoms with E-state index in [0.29, 0.717) is 31.6 Å². The summed E-state index contributed by atoms with van der Waals surface area (Å²) >= 11 is 0. The number of aliphatic hydroxyl groups is 1. The van der Waals surface area contributed by atoms with Crippen molar-refractivity contribution >= 4 is 5.91 Å². The fourth-order valence-corrected chi connectivity index (χ4v) is 3.16. The minimum absolute atomic E-state index is 0.0452. The van der Waals surface area contributed by atoms with E-state index in [4.69, 9.17) is 0 Å². The molecule has 27 heavy (non-hydrogen) atoms. The lowest BCUT2D eigenvalue weighted by Crippen LogP contribution is -2.57. The van der Waals surface area contributed by atoms with Gasteiger partial charge in [0.15, 0.2) is 17.2 Å². The van der Waals surface area contributed by atoms with E-state index < -0.39 is 23.1 Å². The molecule has 1 aromatic carbocycles. The normalized spacial score (nSPS) is 20.1. The van der Waals surface area contributed by atoms with Crippen molar-refractivity contribution in [1.82, 2.24) is 20.2 Å². The van der Waals surface area contributed by atoms with Gasteiger partial charge in [-0.15, -0.1) is 0 Å². The Balaban J connectivity index is 1.62. The molecule has 3 rings (SSSR count). The number of hydrogen-bond acceptors (Lipinski definition) is 5. The SMILES string of the molecule is Cc1cnc(CNCC2(O)CCCN(Cc3cccc(F)c3F)C2=O)cn1. The first-order valence-corrected chi connectivity index (χ1v) is 8.82. The van der Waals surface area contributed by atoms with Gasteiger partial charge in [0.2, 0.25) is 0 Å². The number of aryl methyl sites for hydroxylation is 1. The van der Waals surface area contributed by atoms with Gasteiger partial charge in [-0.1, -0.05) is 12.1 Å². The van der Waals surface area contributed by atoms with Crippen LogP contribution in [0.1, 0.15) is 29.8 Å². The molecule has 2 heterocycles. The number of hydrogen-bond donors (Lipinski definition) is 2. The van der Waals surface area contributed by atoms with Crippen molar-refractivity contribution in [1.29, 1.82) is 0 Å². The lowest BCUT2D eigenvalue weighted by atomic mass is 9.91. The largest absolute Gasteiger partial charge is 0.379 e. The van der Waals surface area contributed by atoms with Crippen LogP contribution in [0.25, 0.3) is 0 Å². The van der Waals surface area contributed by atoms with Gasteiger partial charge in [0, 0.05) is 44.1 Å². The number of likely N-dealkylation sites (tertiary alicyclic amines) is 1. The second kappa shape index (κ2) is 8.06. The molecule has 1 unspecified atom stereocenters. The van der Waals surface area contributed by atoms with Crippen molar-refractivity contribution in [2.24, 2.45) is 0 Å². The van der Waals surface area contributed by atoms with E-state index in [2.05, 4.69) is 15.3 Å². The first-order valence-electron chi connectivity index (χ1n) is 8.82. The van der Waals surface area contributed by atoms with Gasteiger partial charge in [0.05, 0.1) is 11.4 Å². The predicted octanol–water partition coefficient (Wildman–Crippen LogP) is 1.71. The first kappa shape index (κ1) is 19.3. The van der Waals surface area contributed by atoms with Gasteiger partial charge in [-0.05, 0) is 25.8 Å². The van der Waals surface area contributed by atoms with Gasteiger partial charge in [-0.2, -0.15) is 0 Å². The quantitative estimate of drug-likeness (QED) is 0.803. The average molecular weight is 376 g/mol. The van der Waals surface area contributed by atoms with E-state index in [1.54, 1.807) is 12.4 Å². The smallest absolute Gasteiger partial charge is 0.256 e. The van der Waals surface area contributed by atoms with Crippen LogP contribution in [-0.4, -0.2) is 44.6 Å². The third-order valence-electron chi connectivity index (χ3n) is 4.65. The molecular weight excluding hydrogens is 354 g/mol. The van der Waals surface area contributed by atoms with Crippen molar-refractivity contribution in [3.63, 3.8) is 0 Å². The predicted molar refractivity (Wildman–Crippen MR) is 94.4 cm³/mol. The van der Waals surface area contributed by atoms with Crippen LogP contribution in [0.15, 0.2) is 30.6 Å². The lowest BCUT2D eigenvalue weighted by Gasteiger charge is -2.38. The summed E-state index contributed by atoms with van der Waals surface area (Å²) in [5.74, 6) is -2.40. The summed E-state index contributed by atoms with van der Waals surface area (Å²) in [4.78, 5) is 22.5. The van der Waals surface area contributed by atoms with Crippen molar-refractivity contribution in [3.8, 4) is 0 Å². The molecule has 1 fully saturated rings. The Hall–Kier alpha value is -2.45. The van der Waals surface area contributed by atoms with E-state index >= 15 is 0 Å². The number of aromatic nitrogens is 2. The van der Waals surface area contributed by atoms with Crippen LogP contribution in [0.5, 0.6) is 0 Å². The monoisotopic (exact) mass is 376 g/mol. The number of benzene rings is 1. The van der Waals surface area contributed by atoms with Gasteiger partial charge in [-0.25, -0.2) is 8.78 Å². The molecule has 0 spiro atoms. The highest BCUT2D eigenvalue weighted by Crippen LogP contribution is 2.25. The Bertz CT molecular complexity index is 816. The summed E-state index contributed by atoms with van der Waals surface area (Å²) in [5, 5.41) is 13.8. The second-order valence-electron chi connectivity index (χ2n) is 6.83. The van der Waals surface area contributed by atoms with Gasteiger partial charge in [0.25, 0.3) is 5.91 Å². The van der Waals surface area contributed by atoms with Gasteiger partial charge in [-0.3, -0.25) is 14.8 Å². The van der Waals surface area contributed by atoms with Crippen molar-refractivity contribution in [2.45, 2.75) is 38.5 Å². The Morgan fingerprint density at radius 3 is 2.85 bits per heavy atom. The summed E-state index contributed by atoms with van der Waals surface area (Å²) in [7, 11) is 0. The Morgan fingerprint density at radius 1 is 1.30 bits per heavy atom. The lowest BCUT2D eigenvalue weighted by molar-refractivity contribution is -0.157. The molecule has 0 aliphatic carbocycles. The molecule has 1 aliphatic heterocycles. The minimum Gasteiger partial charge on any atom is -0.379 e. The summed E-state index contributed by atoms with van der Waals surface area (Å²) in [6, 6.07) is 3.87.